The number of thiocarbonyl (C=S) groups is 1. The van der Waals surface area contributed by atoms with E-state index in [-0.39, 0.29) is 16.6 Å². The smallest absolute Gasteiger partial charge is 0.270 e. The van der Waals surface area contributed by atoms with Gasteiger partial charge in [0.25, 0.3) is 11.6 Å². The number of aryl methyl sites for hydroxylation is 1. The average Bonchev–Trinajstić information content (AvgIpc) is 3.32. The van der Waals surface area contributed by atoms with Crippen LogP contribution in [0.2, 0.25) is 5.02 Å². The summed E-state index contributed by atoms with van der Waals surface area (Å²) in [5, 5.41) is 11.1. The lowest BCUT2D eigenvalue weighted by Gasteiger charge is -2.14. The van der Waals surface area contributed by atoms with Gasteiger partial charge in [-0.3, -0.25) is 19.8 Å². The number of furan rings is 1. The fourth-order valence-electron chi connectivity index (χ4n) is 3.09. The number of rotatable bonds is 5. The van der Waals surface area contributed by atoms with Gasteiger partial charge in [0, 0.05) is 23.8 Å². The summed E-state index contributed by atoms with van der Waals surface area (Å²) in [6.07, 6.45) is 2.54. The van der Waals surface area contributed by atoms with E-state index in [0.29, 0.717) is 26.3 Å². The topological polar surface area (TPSA) is 76.6 Å². The molecule has 0 N–H and O–H groups in total. The van der Waals surface area contributed by atoms with Crippen molar-refractivity contribution >= 4 is 63.3 Å². The molecular weight excluding hydrogens is 456 g/mol. The molecule has 0 aliphatic carbocycles. The molecule has 1 fully saturated rings. The van der Waals surface area contributed by atoms with E-state index in [2.05, 4.69) is 6.92 Å². The van der Waals surface area contributed by atoms with Crippen LogP contribution in [0.25, 0.3) is 17.4 Å². The van der Waals surface area contributed by atoms with Gasteiger partial charge in [-0.2, -0.15) is 0 Å². The Labute approximate surface area is 192 Å². The lowest BCUT2D eigenvalue weighted by molar-refractivity contribution is -0.384. The van der Waals surface area contributed by atoms with Crippen LogP contribution >= 0.6 is 35.6 Å². The van der Waals surface area contributed by atoms with Crippen LogP contribution in [0.15, 0.2) is 63.9 Å². The normalized spacial score (nSPS) is 15.2. The lowest BCUT2D eigenvalue weighted by atomic mass is 10.1. The first-order chi connectivity index (χ1) is 14.9. The highest BCUT2D eigenvalue weighted by molar-refractivity contribution is 8.27. The summed E-state index contributed by atoms with van der Waals surface area (Å²) in [6, 6.07) is 15.3. The number of anilines is 1. The molecule has 1 aliphatic rings. The molecule has 2 heterocycles. The van der Waals surface area contributed by atoms with Crippen LogP contribution in [0.4, 0.5) is 11.4 Å². The molecule has 1 aliphatic heterocycles. The highest BCUT2D eigenvalue weighted by atomic mass is 35.5. The molecule has 31 heavy (non-hydrogen) atoms. The zero-order chi connectivity index (χ0) is 22.1. The highest BCUT2D eigenvalue weighted by Gasteiger charge is 2.33. The number of thioether (sulfide) groups is 1. The van der Waals surface area contributed by atoms with Crippen molar-refractivity contribution in [2.24, 2.45) is 0 Å². The number of amides is 1. The molecule has 0 unspecified atom stereocenters. The zero-order valence-electron chi connectivity index (χ0n) is 16.2. The van der Waals surface area contributed by atoms with Crippen molar-refractivity contribution in [2.75, 3.05) is 4.90 Å². The number of hydrogen-bond donors (Lipinski definition) is 0. The molecule has 9 heteroatoms. The summed E-state index contributed by atoms with van der Waals surface area (Å²) in [7, 11) is 0. The predicted molar refractivity (Wildman–Crippen MR) is 127 cm³/mol. The Hall–Kier alpha value is -2.94. The fourth-order valence-corrected chi connectivity index (χ4v) is 4.64. The number of carbonyl (C=O) groups excluding carboxylic acids is 1. The second kappa shape index (κ2) is 8.66. The van der Waals surface area contributed by atoms with E-state index >= 15 is 0 Å². The molecule has 0 bridgehead atoms. The van der Waals surface area contributed by atoms with Crippen LogP contribution in [-0.4, -0.2) is 15.2 Å². The summed E-state index contributed by atoms with van der Waals surface area (Å²) in [4.78, 5) is 25.2. The van der Waals surface area contributed by atoms with E-state index in [9.17, 15) is 14.9 Å². The monoisotopic (exact) mass is 470 g/mol. The van der Waals surface area contributed by atoms with E-state index in [1.807, 2.05) is 24.3 Å². The van der Waals surface area contributed by atoms with E-state index in [4.69, 9.17) is 28.2 Å². The summed E-state index contributed by atoms with van der Waals surface area (Å²) < 4.78 is 6.26. The molecule has 0 radical (unpaired) electrons. The maximum Gasteiger partial charge on any atom is 0.270 e. The van der Waals surface area contributed by atoms with Crippen LogP contribution in [-0.2, 0) is 11.2 Å². The maximum absolute atomic E-state index is 12.9. The van der Waals surface area contributed by atoms with Crippen LogP contribution < -0.4 is 4.90 Å². The molecule has 2 aromatic carbocycles. The second-order valence-electron chi connectivity index (χ2n) is 6.66. The van der Waals surface area contributed by atoms with Crippen molar-refractivity contribution in [1.29, 1.82) is 0 Å². The van der Waals surface area contributed by atoms with Gasteiger partial charge in [-0.05, 0) is 42.3 Å². The Morgan fingerprint density at radius 1 is 1.19 bits per heavy atom. The van der Waals surface area contributed by atoms with E-state index in [0.717, 1.165) is 12.1 Å². The molecular formula is C22H15ClN2O4S2. The third kappa shape index (κ3) is 4.27. The minimum atomic E-state index is -0.513. The van der Waals surface area contributed by atoms with Crippen LogP contribution in [0.1, 0.15) is 18.2 Å². The van der Waals surface area contributed by atoms with Gasteiger partial charge in [0.2, 0.25) is 0 Å². The third-order valence-electron chi connectivity index (χ3n) is 4.73. The van der Waals surface area contributed by atoms with E-state index in [1.54, 1.807) is 18.2 Å². The highest BCUT2D eigenvalue weighted by Crippen LogP contribution is 2.37. The van der Waals surface area contributed by atoms with Crippen molar-refractivity contribution in [2.45, 2.75) is 13.3 Å². The van der Waals surface area contributed by atoms with Gasteiger partial charge in [0.1, 0.15) is 11.5 Å². The van der Waals surface area contributed by atoms with Crippen molar-refractivity contribution in [3.63, 3.8) is 0 Å². The van der Waals surface area contributed by atoms with Crippen molar-refractivity contribution in [3.05, 3.63) is 86.0 Å². The Morgan fingerprint density at radius 2 is 1.94 bits per heavy atom. The summed E-state index contributed by atoms with van der Waals surface area (Å²) >= 11 is 12.8. The minimum Gasteiger partial charge on any atom is -0.457 e. The largest absolute Gasteiger partial charge is 0.457 e. The number of halogens is 1. The minimum absolute atomic E-state index is 0.101. The van der Waals surface area contributed by atoms with Crippen LogP contribution in [0.3, 0.4) is 0 Å². The van der Waals surface area contributed by atoms with Gasteiger partial charge in [-0.1, -0.05) is 54.6 Å². The van der Waals surface area contributed by atoms with Gasteiger partial charge < -0.3 is 4.42 Å². The molecule has 1 aromatic heterocycles. The predicted octanol–water partition coefficient (Wildman–Crippen LogP) is 6.48. The first kappa shape index (κ1) is 21.3. The van der Waals surface area contributed by atoms with Gasteiger partial charge >= 0.3 is 0 Å². The molecule has 0 atom stereocenters. The van der Waals surface area contributed by atoms with Crippen LogP contribution in [0.5, 0.6) is 0 Å². The molecule has 1 saturated heterocycles. The number of nitro groups is 1. The molecule has 1 amide bonds. The zero-order valence-corrected chi connectivity index (χ0v) is 18.6. The number of nitrogens with zero attached hydrogens (tertiary/aromatic N) is 2. The first-order valence-electron chi connectivity index (χ1n) is 9.28. The number of hydrogen-bond acceptors (Lipinski definition) is 6. The quantitative estimate of drug-likeness (QED) is 0.184. The summed E-state index contributed by atoms with van der Waals surface area (Å²) in [5.41, 5.74) is 2.32. The number of nitro benzene ring substituents is 1. The van der Waals surface area contributed by atoms with Gasteiger partial charge in [0.15, 0.2) is 4.32 Å². The Bertz CT molecular complexity index is 1230. The van der Waals surface area contributed by atoms with Crippen molar-refractivity contribution in [3.8, 4) is 11.3 Å². The molecule has 0 saturated carbocycles. The average molecular weight is 471 g/mol. The Balaban J connectivity index is 1.58. The molecule has 6 nitrogen and oxygen atoms in total. The Kier molecular flexibility index (Phi) is 5.95. The van der Waals surface area contributed by atoms with Gasteiger partial charge in [-0.15, -0.1) is 0 Å². The van der Waals surface area contributed by atoms with Crippen LogP contribution in [0, 0.1) is 10.1 Å². The number of non-ortho nitro benzene ring substituents is 1. The van der Waals surface area contributed by atoms with Gasteiger partial charge in [-0.25, -0.2) is 0 Å². The molecule has 156 valence electrons. The van der Waals surface area contributed by atoms with Crippen molar-refractivity contribution < 1.29 is 14.1 Å². The molecule has 0 spiro atoms. The van der Waals surface area contributed by atoms with E-state index in [1.165, 1.54) is 40.4 Å². The fraction of sp³-hybridized carbons (Fsp3) is 0.0909. The number of benzene rings is 2. The third-order valence-corrected chi connectivity index (χ3v) is 6.34. The molecule has 3 aromatic rings. The standard InChI is InChI=1S/C22H15ClN2O4S2/c1-2-13-3-5-14(6-4-13)24-21(26)20(31-22(24)30)12-16-8-10-19(29-16)17-9-7-15(25(27)28)11-18(17)23/h3-12H,2H2,1H3/b20-12+. The second-order valence-corrected chi connectivity index (χ2v) is 8.74. The lowest BCUT2D eigenvalue weighted by Crippen LogP contribution is -2.27. The van der Waals surface area contributed by atoms with Crippen molar-refractivity contribution in [1.82, 2.24) is 0 Å². The Morgan fingerprint density at radius 3 is 2.58 bits per heavy atom. The summed E-state index contributed by atoms with van der Waals surface area (Å²) in [5.74, 6) is 0.675. The maximum atomic E-state index is 12.9. The number of carbonyl (C=O) groups is 1. The molecule has 4 rings (SSSR count). The van der Waals surface area contributed by atoms with Gasteiger partial charge in [0.05, 0.1) is 20.5 Å². The summed E-state index contributed by atoms with van der Waals surface area (Å²) in [6.45, 7) is 2.07. The first-order valence-corrected chi connectivity index (χ1v) is 10.9. The van der Waals surface area contributed by atoms with E-state index < -0.39 is 4.92 Å². The SMILES string of the molecule is CCc1ccc(N2C(=O)/C(=C\c3ccc(-c4ccc([N+](=O)[O-])cc4Cl)o3)SC2=S)cc1.